The Morgan fingerprint density at radius 3 is 2.15 bits per heavy atom. The molecule has 3 aromatic carbocycles. The molecule has 0 aliphatic carbocycles. The van der Waals surface area contributed by atoms with E-state index in [1.807, 2.05) is 84.9 Å². The quantitative estimate of drug-likeness (QED) is 0.399. The van der Waals surface area contributed by atoms with E-state index in [1.54, 1.807) is 17.0 Å². The van der Waals surface area contributed by atoms with Crippen molar-refractivity contribution in [3.05, 3.63) is 126 Å². The van der Waals surface area contributed by atoms with Gasteiger partial charge in [0.2, 0.25) is 5.91 Å². The Bertz CT molecular complexity index is 1170. The zero-order valence-corrected chi connectivity index (χ0v) is 18.3. The molecule has 166 valence electrons. The first kappa shape index (κ1) is 22.1. The van der Waals surface area contributed by atoms with Crippen molar-refractivity contribution in [1.82, 2.24) is 5.32 Å². The van der Waals surface area contributed by atoms with Gasteiger partial charge in [0.1, 0.15) is 0 Å². The number of hydrogen-bond donors (Lipinski definition) is 1. The molecule has 0 aliphatic heterocycles. The van der Waals surface area contributed by atoms with Crippen LogP contribution < -0.4 is 10.2 Å². The van der Waals surface area contributed by atoms with E-state index in [2.05, 4.69) is 5.32 Å². The van der Waals surface area contributed by atoms with E-state index in [0.717, 1.165) is 23.2 Å². The van der Waals surface area contributed by atoms with E-state index in [1.165, 1.54) is 11.8 Å². The Hall–Kier alpha value is -4.12. The molecule has 4 rings (SSSR count). The minimum Gasteiger partial charge on any atom is -0.459 e. The Kier molecular flexibility index (Phi) is 7.33. The summed E-state index contributed by atoms with van der Waals surface area (Å²) in [6, 6.07) is 30.7. The van der Waals surface area contributed by atoms with Gasteiger partial charge < -0.3 is 14.6 Å². The molecule has 0 spiro atoms. The number of benzene rings is 3. The van der Waals surface area contributed by atoms with Crippen LogP contribution in [0.2, 0.25) is 0 Å². The fourth-order valence-corrected chi connectivity index (χ4v) is 3.65. The van der Waals surface area contributed by atoms with E-state index in [9.17, 15) is 9.59 Å². The standard InChI is InChI=1S/C28H26N2O3/c31-27(29-17-16-22-9-3-1-4-10-22)20-24-13-7-14-25(19-24)30(21-23-11-5-2-6-12-23)28(32)26-15-8-18-33-26/h1-15,18-19H,16-17,20-21H2,(H,29,31). The molecule has 0 atom stereocenters. The molecule has 0 radical (unpaired) electrons. The van der Waals surface area contributed by atoms with Crippen LogP contribution in [0.25, 0.3) is 0 Å². The zero-order valence-electron chi connectivity index (χ0n) is 18.3. The lowest BCUT2D eigenvalue weighted by Gasteiger charge is -2.22. The van der Waals surface area contributed by atoms with Crippen molar-refractivity contribution in [3.8, 4) is 0 Å². The number of nitrogens with zero attached hydrogens (tertiary/aromatic N) is 1. The molecule has 5 nitrogen and oxygen atoms in total. The van der Waals surface area contributed by atoms with Gasteiger partial charge in [0.05, 0.1) is 19.2 Å². The van der Waals surface area contributed by atoms with Gasteiger partial charge in [-0.05, 0) is 47.4 Å². The number of carbonyl (C=O) groups is 2. The summed E-state index contributed by atoms with van der Waals surface area (Å²) in [6.07, 6.45) is 2.52. The summed E-state index contributed by atoms with van der Waals surface area (Å²) in [4.78, 5) is 27.3. The molecule has 0 unspecified atom stereocenters. The van der Waals surface area contributed by atoms with Crippen LogP contribution in [0.3, 0.4) is 0 Å². The van der Waals surface area contributed by atoms with E-state index in [4.69, 9.17) is 4.42 Å². The summed E-state index contributed by atoms with van der Waals surface area (Å²) in [7, 11) is 0. The molecule has 0 saturated carbocycles. The van der Waals surface area contributed by atoms with Crippen LogP contribution in [0, 0.1) is 0 Å². The number of nitrogens with one attached hydrogen (secondary N) is 1. The number of rotatable bonds is 9. The third kappa shape index (κ3) is 6.20. The van der Waals surface area contributed by atoms with E-state index in [-0.39, 0.29) is 24.0 Å². The van der Waals surface area contributed by atoms with Crippen LogP contribution >= 0.6 is 0 Å². The van der Waals surface area contributed by atoms with Gasteiger partial charge in [-0.15, -0.1) is 0 Å². The maximum atomic E-state index is 13.2. The SMILES string of the molecule is O=C(Cc1cccc(N(Cc2ccccc2)C(=O)c2ccco2)c1)NCCc1ccccc1. The lowest BCUT2D eigenvalue weighted by molar-refractivity contribution is -0.120. The van der Waals surface area contributed by atoms with Gasteiger partial charge in [-0.2, -0.15) is 0 Å². The molecule has 4 aromatic rings. The molecule has 1 N–H and O–H groups in total. The van der Waals surface area contributed by atoms with Crippen molar-refractivity contribution >= 4 is 17.5 Å². The molecule has 1 aromatic heterocycles. The number of furan rings is 1. The highest BCUT2D eigenvalue weighted by atomic mass is 16.3. The van der Waals surface area contributed by atoms with Crippen molar-refractivity contribution in [3.63, 3.8) is 0 Å². The lowest BCUT2D eigenvalue weighted by Crippen LogP contribution is -2.30. The molecule has 33 heavy (non-hydrogen) atoms. The zero-order chi connectivity index (χ0) is 22.9. The molecule has 5 heteroatoms. The van der Waals surface area contributed by atoms with Crippen molar-refractivity contribution in [1.29, 1.82) is 0 Å². The third-order valence-corrected chi connectivity index (χ3v) is 5.33. The number of anilines is 1. The maximum Gasteiger partial charge on any atom is 0.294 e. The Morgan fingerprint density at radius 1 is 0.758 bits per heavy atom. The van der Waals surface area contributed by atoms with E-state index < -0.39 is 0 Å². The number of carbonyl (C=O) groups excluding carboxylic acids is 2. The van der Waals surface area contributed by atoms with Gasteiger partial charge in [0.25, 0.3) is 5.91 Å². The van der Waals surface area contributed by atoms with Crippen LogP contribution in [-0.2, 0) is 24.2 Å². The molecular weight excluding hydrogens is 412 g/mol. The summed E-state index contributed by atoms with van der Waals surface area (Å²) in [5, 5.41) is 2.98. The highest BCUT2D eigenvalue weighted by molar-refractivity contribution is 6.04. The van der Waals surface area contributed by atoms with Gasteiger partial charge in [-0.1, -0.05) is 72.8 Å². The second kappa shape index (κ2) is 11.0. The second-order valence-electron chi connectivity index (χ2n) is 7.79. The summed E-state index contributed by atoms with van der Waals surface area (Å²) >= 11 is 0. The van der Waals surface area contributed by atoms with Crippen LogP contribution in [0.15, 0.2) is 108 Å². The van der Waals surface area contributed by atoms with E-state index >= 15 is 0 Å². The number of amides is 2. The topological polar surface area (TPSA) is 62.6 Å². The highest BCUT2D eigenvalue weighted by Gasteiger charge is 2.21. The molecule has 0 saturated heterocycles. The predicted molar refractivity (Wildman–Crippen MR) is 129 cm³/mol. The average molecular weight is 439 g/mol. The van der Waals surface area contributed by atoms with Crippen LogP contribution in [0.1, 0.15) is 27.2 Å². The lowest BCUT2D eigenvalue weighted by atomic mass is 10.1. The first-order chi connectivity index (χ1) is 16.2. The van der Waals surface area contributed by atoms with Crippen molar-refractivity contribution in [2.24, 2.45) is 0 Å². The monoisotopic (exact) mass is 438 g/mol. The average Bonchev–Trinajstić information content (AvgIpc) is 3.39. The first-order valence-electron chi connectivity index (χ1n) is 11.0. The minimum atomic E-state index is -0.228. The smallest absolute Gasteiger partial charge is 0.294 e. The van der Waals surface area contributed by atoms with Crippen LogP contribution in [0.5, 0.6) is 0 Å². The summed E-state index contributed by atoms with van der Waals surface area (Å²) in [6.45, 7) is 0.979. The Labute approximate surface area is 193 Å². The van der Waals surface area contributed by atoms with Gasteiger partial charge >= 0.3 is 0 Å². The summed E-state index contributed by atoms with van der Waals surface area (Å²) < 4.78 is 5.36. The van der Waals surface area contributed by atoms with Crippen molar-refractivity contribution in [2.75, 3.05) is 11.4 Å². The molecule has 0 bridgehead atoms. The maximum absolute atomic E-state index is 13.2. The first-order valence-corrected chi connectivity index (χ1v) is 11.0. The van der Waals surface area contributed by atoms with Crippen molar-refractivity contribution in [2.45, 2.75) is 19.4 Å². The normalized spacial score (nSPS) is 10.5. The summed E-state index contributed by atoms with van der Waals surface area (Å²) in [5.74, 6) is -0.00152. The minimum absolute atomic E-state index is 0.0462. The van der Waals surface area contributed by atoms with Crippen LogP contribution in [0.4, 0.5) is 5.69 Å². The number of hydrogen-bond acceptors (Lipinski definition) is 3. The van der Waals surface area contributed by atoms with Gasteiger partial charge in [0, 0.05) is 12.2 Å². The summed E-state index contributed by atoms with van der Waals surface area (Å²) in [5.41, 5.74) is 3.75. The molecule has 1 heterocycles. The molecular formula is C28H26N2O3. The fraction of sp³-hybridized carbons (Fsp3) is 0.143. The third-order valence-electron chi connectivity index (χ3n) is 5.33. The fourth-order valence-electron chi connectivity index (χ4n) is 3.65. The Balaban J connectivity index is 1.45. The molecule has 0 fully saturated rings. The molecule has 0 aliphatic rings. The largest absolute Gasteiger partial charge is 0.459 e. The Morgan fingerprint density at radius 2 is 1.45 bits per heavy atom. The van der Waals surface area contributed by atoms with Gasteiger partial charge in [-0.25, -0.2) is 0 Å². The van der Waals surface area contributed by atoms with Crippen LogP contribution in [-0.4, -0.2) is 18.4 Å². The van der Waals surface area contributed by atoms with Crippen molar-refractivity contribution < 1.29 is 14.0 Å². The predicted octanol–water partition coefficient (Wildman–Crippen LogP) is 5.03. The molecule has 2 amide bonds. The van der Waals surface area contributed by atoms with Gasteiger partial charge in [-0.3, -0.25) is 9.59 Å². The van der Waals surface area contributed by atoms with Gasteiger partial charge in [0.15, 0.2) is 5.76 Å². The highest BCUT2D eigenvalue weighted by Crippen LogP contribution is 2.22. The second-order valence-corrected chi connectivity index (χ2v) is 7.79. The van der Waals surface area contributed by atoms with E-state index in [0.29, 0.717) is 13.1 Å².